The molecule has 1 atom stereocenters. The van der Waals surface area contributed by atoms with Gasteiger partial charge in [-0.05, 0) is 26.9 Å². The molecule has 1 aliphatic rings. The van der Waals surface area contributed by atoms with Crippen LogP contribution < -0.4 is 11.3 Å². The van der Waals surface area contributed by atoms with E-state index in [2.05, 4.69) is 20.3 Å². The lowest BCUT2D eigenvalue weighted by atomic mass is 10.0. The van der Waals surface area contributed by atoms with Crippen LogP contribution in [0.2, 0.25) is 0 Å². The Morgan fingerprint density at radius 1 is 1.47 bits per heavy atom. The molecule has 0 aliphatic carbocycles. The highest BCUT2D eigenvalue weighted by Gasteiger charge is 2.26. The predicted octanol–water partition coefficient (Wildman–Crippen LogP) is -0.0716. The number of hydrazine groups is 1. The quantitative estimate of drug-likeness (QED) is 0.587. The number of hydrogen-bond donors (Lipinski definition) is 2. The molecule has 1 aromatic heterocycles. The molecule has 1 saturated heterocycles. The smallest absolute Gasteiger partial charge is 0.274 e. The van der Waals surface area contributed by atoms with Crippen LogP contribution in [0.5, 0.6) is 0 Å². The first-order chi connectivity index (χ1) is 9.11. The molecule has 2 heterocycles. The second kappa shape index (κ2) is 5.94. The first kappa shape index (κ1) is 13.7. The molecule has 1 aromatic rings. The first-order valence-corrected chi connectivity index (χ1v) is 6.36. The lowest BCUT2D eigenvalue weighted by Gasteiger charge is -2.35. The van der Waals surface area contributed by atoms with Gasteiger partial charge in [0.1, 0.15) is 5.69 Å². The van der Waals surface area contributed by atoms with Crippen LogP contribution in [0.15, 0.2) is 12.4 Å². The minimum Gasteiger partial charge on any atom is -0.336 e. The van der Waals surface area contributed by atoms with Crippen LogP contribution >= 0.6 is 0 Å². The van der Waals surface area contributed by atoms with Crippen LogP contribution in [0.1, 0.15) is 23.3 Å². The van der Waals surface area contributed by atoms with E-state index in [-0.39, 0.29) is 5.91 Å². The summed E-state index contributed by atoms with van der Waals surface area (Å²) in [6.07, 6.45) is 5.06. The number of rotatable bonds is 3. The molecule has 0 radical (unpaired) electrons. The fourth-order valence-electron chi connectivity index (χ4n) is 2.24. The molecule has 0 bridgehead atoms. The number of aromatic nitrogens is 2. The SMILES string of the molecule is CN(C)C1CCCN(C(=O)c2cnc(NN)cn2)C1. The fraction of sp³-hybridized carbons (Fsp3) is 0.583. The molecular formula is C12H20N6O. The molecule has 0 aromatic carbocycles. The molecule has 1 aliphatic heterocycles. The van der Waals surface area contributed by atoms with Gasteiger partial charge in [-0.2, -0.15) is 0 Å². The molecule has 3 N–H and O–H groups in total. The van der Waals surface area contributed by atoms with Crippen molar-refractivity contribution in [3.8, 4) is 0 Å². The third-order valence-corrected chi connectivity index (χ3v) is 3.43. The van der Waals surface area contributed by atoms with Gasteiger partial charge >= 0.3 is 0 Å². The highest BCUT2D eigenvalue weighted by atomic mass is 16.2. The maximum atomic E-state index is 12.3. The number of nitrogens with zero attached hydrogens (tertiary/aromatic N) is 4. The van der Waals surface area contributed by atoms with Gasteiger partial charge in [-0.25, -0.2) is 15.8 Å². The van der Waals surface area contributed by atoms with Crippen molar-refractivity contribution in [1.29, 1.82) is 0 Å². The van der Waals surface area contributed by atoms with Crippen molar-refractivity contribution in [2.24, 2.45) is 5.84 Å². The molecule has 7 nitrogen and oxygen atoms in total. The fourth-order valence-corrected chi connectivity index (χ4v) is 2.24. The van der Waals surface area contributed by atoms with Crippen LogP contribution in [-0.2, 0) is 0 Å². The number of nitrogens with one attached hydrogen (secondary N) is 1. The summed E-state index contributed by atoms with van der Waals surface area (Å²) in [5, 5.41) is 0. The topological polar surface area (TPSA) is 87.4 Å². The Bertz CT molecular complexity index is 432. The number of piperidine rings is 1. The van der Waals surface area contributed by atoms with Crippen LogP contribution in [0.4, 0.5) is 5.82 Å². The largest absolute Gasteiger partial charge is 0.336 e. The summed E-state index contributed by atoms with van der Waals surface area (Å²) in [6, 6.07) is 0.413. The predicted molar refractivity (Wildman–Crippen MR) is 72.5 cm³/mol. The summed E-state index contributed by atoms with van der Waals surface area (Å²) >= 11 is 0. The molecule has 1 fully saturated rings. The Labute approximate surface area is 112 Å². The van der Waals surface area contributed by atoms with Gasteiger partial charge in [-0.3, -0.25) is 4.79 Å². The summed E-state index contributed by atoms with van der Waals surface area (Å²) in [5.41, 5.74) is 2.75. The van der Waals surface area contributed by atoms with E-state index in [0.717, 1.165) is 25.9 Å². The summed E-state index contributed by atoms with van der Waals surface area (Å²) in [4.78, 5) is 24.4. The number of likely N-dealkylation sites (N-methyl/N-ethyl adjacent to an activating group) is 1. The van der Waals surface area contributed by atoms with Crippen LogP contribution in [0, 0.1) is 0 Å². The molecule has 1 unspecified atom stereocenters. The minimum atomic E-state index is -0.0670. The van der Waals surface area contributed by atoms with Crippen molar-refractivity contribution in [1.82, 2.24) is 19.8 Å². The maximum absolute atomic E-state index is 12.3. The van der Waals surface area contributed by atoms with Crippen molar-refractivity contribution < 1.29 is 4.79 Å². The third kappa shape index (κ3) is 3.18. The van der Waals surface area contributed by atoms with E-state index in [9.17, 15) is 4.79 Å². The van der Waals surface area contributed by atoms with Gasteiger partial charge in [0.2, 0.25) is 0 Å². The number of amides is 1. The molecule has 19 heavy (non-hydrogen) atoms. The lowest BCUT2D eigenvalue weighted by molar-refractivity contribution is 0.0629. The van der Waals surface area contributed by atoms with Crippen molar-refractivity contribution in [2.45, 2.75) is 18.9 Å². The number of anilines is 1. The van der Waals surface area contributed by atoms with Crippen LogP contribution in [0.25, 0.3) is 0 Å². The molecular weight excluding hydrogens is 244 g/mol. The van der Waals surface area contributed by atoms with Crippen molar-refractivity contribution >= 4 is 11.7 Å². The van der Waals surface area contributed by atoms with Gasteiger partial charge in [-0.1, -0.05) is 0 Å². The van der Waals surface area contributed by atoms with E-state index in [4.69, 9.17) is 5.84 Å². The Morgan fingerprint density at radius 3 is 2.84 bits per heavy atom. The highest BCUT2D eigenvalue weighted by molar-refractivity contribution is 5.92. The van der Waals surface area contributed by atoms with E-state index >= 15 is 0 Å². The maximum Gasteiger partial charge on any atom is 0.274 e. The second-order valence-electron chi connectivity index (χ2n) is 4.94. The number of carbonyl (C=O) groups is 1. The Morgan fingerprint density at radius 2 is 2.26 bits per heavy atom. The van der Waals surface area contributed by atoms with E-state index < -0.39 is 0 Å². The van der Waals surface area contributed by atoms with E-state index in [1.54, 1.807) is 0 Å². The lowest BCUT2D eigenvalue weighted by Crippen LogP contribution is -2.47. The molecule has 1 amide bonds. The highest BCUT2D eigenvalue weighted by Crippen LogP contribution is 2.15. The zero-order valence-corrected chi connectivity index (χ0v) is 11.3. The monoisotopic (exact) mass is 264 g/mol. The summed E-state index contributed by atoms with van der Waals surface area (Å²) in [6.45, 7) is 1.52. The standard InChI is InChI=1S/C12H20N6O/c1-17(2)9-4-3-5-18(8-9)12(19)10-6-15-11(16-13)7-14-10/h6-7,9H,3-5,8,13H2,1-2H3,(H,15,16). The number of hydrogen-bond acceptors (Lipinski definition) is 6. The summed E-state index contributed by atoms with van der Waals surface area (Å²) < 4.78 is 0. The summed E-state index contributed by atoms with van der Waals surface area (Å²) in [5.74, 6) is 5.60. The van der Waals surface area contributed by atoms with Crippen molar-refractivity contribution in [3.63, 3.8) is 0 Å². The average molecular weight is 264 g/mol. The van der Waals surface area contributed by atoms with Gasteiger partial charge < -0.3 is 15.2 Å². The van der Waals surface area contributed by atoms with Gasteiger partial charge in [-0.15, -0.1) is 0 Å². The first-order valence-electron chi connectivity index (χ1n) is 6.36. The summed E-state index contributed by atoms with van der Waals surface area (Å²) in [7, 11) is 4.08. The molecule has 104 valence electrons. The Balaban J connectivity index is 2.05. The van der Waals surface area contributed by atoms with Crippen molar-refractivity contribution in [3.05, 3.63) is 18.1 Å². The number of likely N-dealkylation sites (tertiary alicyclic amines) is 1. The molecule has 0 spiro atoms. The zero-order valence-electron chi connectivity index (χ0n) is 11.3. The van der Waals surface area contributed by atoms with Gasteiger partial charge in [0.25, 0.3) is 5.91 Å². The van der Waals surface area contributed by atoms with E-state index in [1.807, 2.05) is 19.0 Å². The Kier molecular flexibility index (Phi) is 4.28. The second-order valence-corrected chi connectivity index (χ2v) is 4.94. The van der Waals surface area contributed by atoms with E-state index in [1.165, 1.54) is 12.4 Å². The van der Waals surface area contributed by atoms with Gasteiger partial charge in [0.05, 0.1) is 12.4 Å². The Hall–Kier alpha value is -1.73. The number of carbonyl (C=O) groups excluding carboxylic acids is 1. The van der Waals surface area contributed by atoms with Gasteiger partial charge in [0, 0.05) is 19.1 Å². The normalized spacial score (nSPS) is 19.6. The van der Waals surface area contributed by atoms with Gasteiger partial charge in [0.15, 0.2) is 5.82 Å². The van der Waals surface area contributed by atoms with Crippen molar-refractivity contribution in [2.75, 3.05) is 32.6 Å². The third-order valence-electron chi connectivity index (χ3n) is 3.43. The minimum absolute atomic E-state index is 0.0670. The molecule has 7 heteroatoms. The average Bonchev–Trinajstić information content (AvgIpc) is 2.46. The van der Waals surface area contributed by atoms with E-state index in [0.29, 0.717) is 17.6 Å². The molecule has 0 saturated carbocycles. The number of nitrogens with two attached hydrogens (primary N) is 1. The molecule has 2 rings (SSSR count). The van der Waals surface area contributed by atoms with Crippen LogP contribution in [-0.4, -0.2) is 58.9 Å². The zero-order chi connectivity index (χ0) is 13.8. The van der Waals surface area contributed by atoms with Crippen LogP contribution in [0.3, 0.4) is 0 Å². The number of nitrogen functional groups attached to an aromatic ring is 1.